The zero-order chi connectivity index (χ0) is 30.9. The molecule has 4 aromatic rings. The molecule has 4 heterocycles. The van der Waals surface area contributed by atoms with Crippen molar-refractivity contribution >= 4 is 44.8 Å². The number of nitrogens with one attached hydrogen (secondary N) is 1. The molecule has 12 nitrogen and oxygen atoms in total. The molecule has 0 atom stereocenters. The molecule has 228 valence electrons. The lowest BCUT2D eigenvalue weighted by molar-refractivity contribution is -0.676. The Balaban J connectivity index is 1.34. The van der Waals surface area contributed by atoms with Crippen LogP contribution in [-0.4, -0.2) is 59.9 Å². The van der Waals surface area contributed by atoms with Gasteiger partial charge in [0.25, 0.3) is 11.7 Å². The molecule has 1 saturated heterocycles. The van der Waals surface area contributed by atoms with Crippen molar-refractivity contribution in [1.29, 1.82) is 0 Å². The van der Waals surface area contributed by atoms with Crippen LogP contribution in [0, 0.1) is 0 Å². The number of aryl methyl sites for hydroxylation is 2. The fourth-order valence-corrected chi connectivity index (χ4v) is 5.86. The van der Waals surface area contributed by atoms with Gasteiger partial charge >= 0.3 is 6.09 Å². The van der Waals surface area contributed by atoms with Gasteiger partial charge in [-0.15, -0.1) is 0 Å². The number of ether oxygens (including phenoxy) is 1. The number of carbonyl (C=O) groups excluding carboxylic acids is 2. The lowest BCUT2D eigenvalue weighted by Crippen LogP contribution is -2.42. The van der Waals surface area contributed by atoms with Crippen LogP contribution in [0.25, 0.3) is 22.2 Å². The number of carbonyl (C=O) groups is 2. The van der Waals surface area contributed by atoms with Crippen LogP contribution in [-0.2, 0) is 24.4 Å². The minimum absolute atomic E-state index is 0.0823. The van der Waals surface area contributed by atoms with E-state index in [1.165, 1.54) is 6.20 Å². The molecule has 0 radical (unpaired) electrons. The Kier molecular flexibility index (Phi) is 8.72. The van der Waals surface area contributed by atoms with E-state index < -0.39 is 5.60 Å². The lowest BCUT2D eigenvalue weighted by atomic mass is 10.1. The third kappa shape index (κ3) is 6.51. The Morgan fingerprint density at radius 3 is 2.58 bits per heavy atom. The van der Waals surface area contributed by atoms with Crippen LogP contribution in [0.15, 0.2) is 41.4 Å². The van der Waals surface area contributed by atoms with Gasteiger partial charge in [0, 0.05) is 24.8 Å². The first-order chi connectivity index (χ1) is 20.5. The number of benzene rings is 1. The number of halogens is 1. The molecule has 0 saturated carbocycles. The van der Waals surface area contributed by atoms with Crippen LogP contribution in [0.2, 0.25) is 0 Å². The average Bonchev–Trinajstić information content (AvgIpc) is 3.58. The SMILES string of the molecule is CCn1c(CNC(=O)c2nc(Br)cnc2N)[n+](CC)c2ccc(-c3cnn(C4CCN(C(=O)OC(C)(C)C)CC4)c3)cc21. The van der Waals surface area contributed by atoms with Gasteiger partial charge in [-0.1, -0.05) is 0 Å². The highest BCUT2D eigenvalue weighted by atomic mass is 79.9. The molecule has 1 aliphatic rings. The smallest absolute Gasteiger partial charge is 0.410 e. The number of imidazole rings is 1. The topological polar surface area (TPSA) is 137 Å². The van der Waals surface area contributed by atoms with Crippen LogP contribution >= 0.6 is 15.9 Å². The molecule has 1 aromatic carbocycles. The summed E-state index contributed by atoms with van der Waals surface area (Å²) in [5.74, 6) is 0.672. The van der Waals surface area contributed by atoms with Crippen LogP contribution in [0.1, 0.15) is 69.8 Å². The van der Waals surface area contributed by atoms with Gasteiger partial charge in [-0.2, -0.15) is 5.10 Å². The van der Waals surface area contributed by atoms with E-state index in [-0.39, 0.29) is 29.6 Å². The number of aromatic nitrogens is 6. The fraction of sp³-hybridized carbons (Fsp3) is 0.467. The number of nitrogen functional groups attached to an aromatic ring is 1. The molecule has 5 rings (SSSR count). The molecule has 3 N–H and O–H groups in total. The predicted molar refractivity (Wildman–Crippen MR) is 166 cm³/mol. The Labute approximate surface area is 259 Å². The second kappa shape index (κ2) is 12.3. The maximum Gasteiger partial charge on any atom is 0.410 e. The summed E-state index contributed by atoms with van der Waals surface area (Å²) in [6, 6.07) is 6.64. The number of nitrogens with two attached hydrogens (primary N) is 1. The van der Waals surface area contributed by atoms with E-state index >= 15 is 0 Å². The van der Waals surface area contributed by atoms with E-state index in [1.807, 2.05) is 31.6 Å². The van der Waals surface area contributed by atoms with Crippen molar-refractivity contribution in [2.75, 3.05) is 18.8 Å². The Hall–Kier alpha value is -4.00. The number of hydrogen-bond acceptors (Lipinski definition) is 7. The summed E-state index contributed by atoms with van der Waals surface area (Å²) < 4.78 is 12.4. The Morgan fingerprint density at radius 2 is 1.91 bits per heavy atom. The number of piperidine rings is 1. The number of amides is 2. The number of rotatable bonds is 7. The lowest BCUT2D eigenvalue weighted by Gasteiger charge is -2.33. The monoisotopic (exact) mass is 652 g/mol. The normalized spacial score (nSPS) is 14.3. The summed E-state index contributed by atoms with van der Waals surface area (Å²) in [5.41, 5.74) is 9.74. The molecule has 0 aliphatic carbocycles. The number of nitrogens with zero attached hydrogens (tertiary/aromatic N) is 7. The van der Waals surface area contributed by atoms with Gasteiger partial charge in [-0.25, -0.2) is 23.9 Å². The Morgan fingerprint density at radius 1 is 1.16 bits per heavy atom. The van der Waals surface area contributed by atoms with Crippen LogP contribution < -0.4 is 15.6 Å². The second-order valence-corrected chi connectivity index (χ2v) is 12.4. The van der Waals surface area contributed by atoms with Gasteiger partial charge in [-0.3, -0.25) is 9.48 Å². The number of likely N-dealkylation sites (tertiary alicyclic amines) is 1. The van der Waals surface area contributed by atoms with Crippen molar-refractivity contribution in [3.8, 4) is 11.1 Å². The van der Waals surface area contributed by atoms with Gasteiger partial charge < -0.3 is 20.7 Å². The van der Waals surface area contributed by atoms with Gasteiger partial charge in [0.15, 0.2) is 22.5 Å². The summed E-state index contributed by atoms with van der Waals surface area (Å²) in [7, 11) is 0. The molecule has 3 aromatic heterocycles. The van der Waals surface area contributed by atoms with Crippen molar-refractivity contribution in [3.63, 3.8) is 0 Å². The number of anilines is 1. The van der Waals surface area contributed by atoms with Crippen molar-refractivity contribution in [2.24, 2.45) is 0 Å². The van der Waals surface area contributed by atoms with Crippen molar-refractivity contribution in [1.82, 2.24) is 34.5 Å². The number of hydrogen-bond donors (Lipinski definition) is 2. The largest absolute Gasteiger partial charge is 0.444 e. The molecule has 0 unspecified atom stereocenters. The molecule has 1 aliphatic heterocycles. The molecule has 2 amide bonds. The minimum atomic E-state index is -0.502. The van der Waals surface area contributed by atoms with Crippen molar-refractivity contribution in [3.05, 3.63) is 52.9 Å². The van der Waals surface area contributed by atoms with Crippen molar-refractivity contribution < 1.29 is 18.9 Å². The Bertz CT molecular complexity index is 1650. The summed E-state index contributed by atoms with van der Waals surface area (Å²) in [6.45, 7) is 12.9. The molecular formula is C30H39BrN9O3+. The summed E-state index contributed by atoms with van der Waals surface area (Å²) in [5, 5.41) is 7.67. The number of fused-ring (bicyclic) bond motifs is 1. The van der Waals surface area contributed by atoms with Crippen molar-refractivity contribution in [2.45, 2.75) is 78.7 Å². The molecule has 0 bridgehead atoms. The maximum absolute atomic E-state index is 12.9. The van der Waals surface area contributed by atoms with Crippen LogP contribution in [0.5, 0.6) is 0 Å². The average molecular weight is 654 g/mol. The van der Waals surface area contributed by atoms with E-state index in [9.17, 15) is 9.59 Å². The van der Waals surface area contributed by atoms with Crippen LogP contribution in [0.3, 0.4) is 0 Å². The molecule has 43 heavy (non-hydrogen) atoms. The summed E-state index contributed by atoms with van der Waals surface area (Å²) in [4.78, 5) is 35.4. The molecule has 0 spiro atoms. The summed E-state index contributed by atoms with van der Waals surface area (Å²) >= 11 is 3.25. The minimum Gasteiger partial charge on any atom is -0.444 e. The predicted octanol–water partition coefficient (Wildman–Crippen LogP) is 4.47. The van der Waals surface area contributed by atoms with Gasteiger partial charge in [0.05, 0.1) is 31.5 Å². The first-order valence-corrected chi connectivity index (χ1v) is 15.4. The molecule has 13 heteroatoms. The highest BCUT2D eigenvalue weighted by molar-refractivity contribution is 9.10. The zero-order valence-corrected chi connectivity index (χ0v) is 26.9. The maximum atomic E-state index is 12.9. The van der Waals surface area contributed by atoms with E-state index in [4.69, 9.17) is 15.6 Å². The van der Waals surface area contributed by atoms with E-state index in [1.54, 1.807) is 4.90 Å². The quantitative estimate of drug-likeness (QED) is 0.281. The van der Waals surface area contributed by atoms with Crippen LogP contribution in [0.4, 0.5) is 10.6 Å². The zero-order valence-electron chi connectivity index (χ0n) is 25.3. The highest BCUT2D eigenvalue weighted by Crippen LogP contribution is 2.28. The molecule has 1 fully saturated rings. The third-order valence-electron chi connectivity index (χ3n) is 7.63. The van der Waals surface area contributed by atoms with Gasteiger partial charge in [0.1, 0.15) is 16.7 Å². The summed E-state index contributed by atoms with van der Waals surface area (Å²) in [6.07, 6.45) is 6.84. The molecular weight excluding hydrogens is 614 g/mol. The third-order valence-corrected chi connectivity index (χ3v) is 8.01. The van der Waals surface area contributed by atoms with E-state index in [0.29, 0.717) is 24.2 Å². The highest BCUT2D eigenvalue weighted by Gasteiger charge is 2.29. The second-order valence-electron chi connectivity index (χ2n) is 11.6. The van der Waals surface area contributed by atoms with Gasteiger partial charge in [-0.05, 0) is 87.2 Å². The standard InChI is InChI=1S/C30H38BrN9O3/c1-6-38-22-9-8-19(20-15-35-40(18-20)21-10-12-37(13-11-21)29(42)43-30(3,4)5)14-23(22)39(7-2)25(38)17-34-28(41)26-27(32)33-16-24(31)36-26/h8-9,14-16,18,21H,6-7,10-13,17H2,1-5H3,(H2-,32,33,34,41)/p+1. The first kappa shape index (κ1) is 30.5. The van der Waals surface area contributed by atoms with Gasteiger partial charge in [0.2, 0.25) is 0 Å². The van der Waals surface area contributed by atoms with E-state index in [2.05, 4.69) is 78.6 Å². The van der Waals surface area contributed by atoms with E-state index in [0.717, 1.165) is 53.9 Å². The first-order valence-electron chi connectivity index (χ1n) is 14.6. The fourth-order valence-electron chi connectivity index (χ4n) is 5.58.